The van der Waals surface area contributed by atoms with E-state index in [9.17, 15) is 0 Å². The van der Waals surface area contributed by atoms with Gasteiger partial charge in [-0.15, -0.1) is 11.3 Å². The van der Waals surface area contributed by atoms with E-state index < -0.39 is 0 Å². The number of pyridine rings is 1. The summed E-state index contributed by atoms with van der Waals surface area (Å²) in [6.45, 7) is 7.29. The van der Waals surface area contributed by atoms with Crippen LogP contribution in [-0.4, -0.2) is 15.5 Å². The van der Waals surface area contributed by atoms with Gasteiger partial charge in [-0.2, -0.15) is 0 Å². The van der Waals surface area contributed by atoms with Crippen LogP contribution in [0.4, 0.5) is 0 Å². The highest BCUT2D eigenvalue weighted by molar-refractivity contribution is 7.09. The first-order chi connectivity index (χ1) is 8.04. The van der Waals surface area contributed by atoms with E-state index in [1.54, 1.807) is 23.7 Å². The minimum Gasteiger partial charge on any atom is -0.306 e. The molecule has 0 bridgehead atoms. The van der Waals surface area contributed by atoms with Crippen LogP contribution in [0.3, 0.4) is 0 Å². The maximum absolute atomic E-state index is 4.61. The number of hydrogen-bond acceptors (Lipinski definition) is 4. The van der Waals surface area contributed by atoms with Gasteiger partial charge in [-0.3, -0.25) is 4.98 Å². The van der Waals surface area contributed by atoms with Crippen LogP contribution in [0.25, 0.3) is 11.3 Å². The van der Waals surface area contributed by atoms with Crippen molar-refractivity contribution in [2.45, 2.75) is 32.9 Å². The van der Waals surface area contributed by atoms with Gasteiger partial charge >= 0.3 is 0 Å². The van der Waals surface area contributed by atoms with E-state index >= 15 is 0 Å². The molecule has 0 aromatic carbocycles. The third-order valence-electron chi connectivity index (χ3n) is 2.30. The summed E-state index contributed by atoms with van der Waals surface area (Å²) in [5.41, 5.74) is 2.28. The predicted molar refractivity (Wildman–Crippen MR) is 71.9 cm³/mol. The zero-order chi connectivity index (χ0) is 12.3. The van der Waals surface area contributed by atoms with Gasteiger partial charge in [0.25, 0.3) is 0 Å². The van der Waals surface area contributed by atoms with Crippen molar-refractivity contribution >= 4 is 11.3 Å². The van der Waals surface area contributed by atoms with Crippen molar-refractivity contribution in [2.75, 3.05) is 0 Å². The van der Waals surface area contributed by atoms with Gasteiger partial charge in [-0.25, -0.2) is 4.98 Å². The van der Waals surface area contributed by atoms with Gasteiger partial charge in [-0.1, -0.05) is 0 Å². The molecule has 0 aliphatic carbocycles. The van der Waals surface area contributed by atoms with Gasteiger partial charge in [0.15, 0.2) is 0 Å². The number of thiazole rings is 1. The lowest BCUT2D eigenvalue weighted by Gasteiger charge is -2.19. The van der Waals surface area contributed by atoms with Gasteiger partial charge in [0, 0.05) is 35.4 Å². The Hall–Kier alpha value is -1.26. The van der Waals surface area contributed by atoms with Crippen LogP contribution < -0.4 is 5.32 Å². The van der Waals surface area contributed by atoms with Crippen molar-refractivity contribution in [3.63, 3.8) is 0 Å². The van der Waals surface area contributed by atoms with Gasteiger partial charge in [0.2, 0.25) is 0 Å². The second-order valence-corrected chi connectivity index (χ2v) is 5.91. The molecule has 0 aliphatic rings. The quantitative estimate of drug-likeness (QED) is 0.905. The standard InChI is InChI=1S/C13H17N3S/c1-13(2,3)15-8-12-16-11(9-17-12)10-4-6-14-7-5-10/h4-7,9,15H,8H2,1-3H3. The molecule has 1 N–H and O–H groups in total. The molecule has 2 heterocycles. The van der Waals surface area contributed by atoms with Crippen molar-refractivity contribution in [2.24, 2.45) is 0 Å². The van der Waals surface area contributed by atoms with Crippen LogP contribution in [0.2, 0.25) is 0 Å². The Morgan fingerprint density at radius 1 is 1.24 bits per heavy atom. The van der Waals surface area contributed by atoms with Crippen molar-refractivity contribution in [3.05, 3.63) is 34.9 Å². The monoisotopic (exact) mass is 247 g/mol. The fourth-order valence-corrected chi connectivity index (χ4v) is 2.13. The van der Waals surface area contributed by atoms with E-state index in [0.717, 1.165) is 22.8 Å². The minimum absolute atomic E-state index is 0.127. The summed E-state index contributed by atoms with van der Waals surface area (Å²) in [5.74, 6) is 0. The third kappa shape index (κ3) is 3.61. The molecule has 0 unspecified atom stereocenters. The number of aromatic nitrogens is 2. The van der Waals surface area contributed by atoms with Crippen LogP contribution in [0.5, 0.6) is 0 Å². The molecule has 2 rings (SSSR count). The molecule has 0 atom stereocenters. The molecule has 2 aromatic heterocycles. The molecule has 0 spiro atoms. The minimum atomic E-state index is 0.127. The van der Waals surface area contributed by atoms with E-state index in [1.807, 2.05) is 12.1 Å². The summed E-state index contributed by atoms with van der Waals surface area (Å²) in [6.07, 6.45) is 3.59. The Kier molecular flexibility index (Phi) is 3.54. The molecule has 17 heavy (non-hydrogen) atoms. The number of rotatable bonds is 3. The zero-order valence-electron chi connectivity index (χ0n) is 10.4. The maximum Gasteiger partial charge on any atom is 0.107 e. The van der Waals surface area contributed by atoms with Crippen LogP contribution >= 0.6 is 11.3 Å². The fraction of sp³-hybridized carbons (Fsp3) is 0.385. The van der Waals surface area contributed by atoms with E-state index in [4.69, 9.17) is 0 Å². The molecule has 4 heteroatoms. The van der Waals surface area contributed by atoms with Crippen LogP contribution in [-0.2, 0) is 6.54 Å². The Balaban J connectivity index is 2.07. The predicted octanol–water partition coefficient (Wildman–Crippen LogP) is 3.09. The second-order valence-electron chi connectivity index (χ2n) is 4.97. The number of nitrogens with zero attached hydrogens (tertiary/aromatic N) is 2. The molecular weight excluding hydrogens is 230 g/mol. The molecule has 0 radical (unpaired) electrons. The van der Waals surface area contributed by atoms with Crippen molar-refractivity contribution < 1.29 is 0 Å². The summed E-state index contributed by atoms with van der Waals surface area (Å²) in [6, 6.07) is 3.96. The smallest absolute Gasteiger partial charge is 0.107 e. The lowest BCUT2D eigenvalue weighted by molar-refractivity contribution is 0.424. The first-order valence-corrected chi connectivity index (χ1v) is 6.52. The molecule has 0 amide bonds. The fourth-order valence-electron chi connectivity index (χ4n) is 1.39. The molecule has 0 saturated heterocycles. The summed E-state index contributed by atoms with van der Waals surface area (Å²) < 4.78 is 0. The topological polar surface area (TPSA) is 37.8 Å². The Morgan fingerprint density at radius 3 is 2.59 bits per heavy atom. The first-order valence-electron chi connectivity index (χ1n) is 5.64. The van der Waals surface area contributed by atoms with E-state index in [0.29, 0.717) is 0 Å². The highest BCUT2D eigenvalue weighted by Gasteiger charge is 2.10. The normalized spacial score (nSPS) is 11.7. The molecule has 0 fully saturated rings. The van der Waals surface area contributed by atoms with Crippen molar-refractivity contribution in [3.8, 4) is 11.3 Å². The molecular formula is C13H17N3S. The summed E-state index contributed by atoms with van der Waals surface area (Å²) in [4.78, 5) is 8.62. The molecule has 0 saturated carbocycles. The average Bonchev–Trinajstić information content (AvgIpc) is 2.75. The van der Waals surface area contributed by atoms with Crippen LogP contribution in [0.1, 0.15) is 25.8 Å². The highest BCUT2D eigenvalue weighted by Crippen LogP contribution is 2.21. The Morgan fingerprint density at radius 2 is 1.94 bits per heavy atom. The van der Waals surface area contributed by atoms with Crippen molar-refractivity contribution in [1.29, 1.82) is 0 Å². The first kappa shape index (κ1) is 12.2. The summed E-state index contributed by atoms with van der Waals surface area (Å²) >= 11 is 1.69. The van der Waals surface area contributed by atoms with Gasteiger partial charge < -0.3 is 5.32 Å². The summed E-state index contributed by atoms with van der Waals surface area (Å²) in [5, 5.41) is 6.65. The lowest BCUT2D eigenvalue weighted by Crippen LogP contribution is -2.34. The lowest BCUT2D eigenvalue weighted by atomic mass is 10.1. The van der Waals surface area contributed by atoms with Gasteiger partial charge in [-0.05, 0) is 32.9 Å². The van der Waals surface area contributed by atoms with Crippen LogP contribution in [0.15, 0.2) is 29.9 Å². The van der Waals surface area contributed by atoms with Gasteiger partial charge in [0.1, 0.15) is 5.01 Å². The Bertz CT molecular complexity index is 471. The SMILES string of the molecule is CC(C)(C)NCc1nc(-c2ccncc2)cs1. The van der Waals surface area contributed by atoms with Crippen LogP contribution in [0, 0.1) is 0 Å². The summed E-state index contributed by atoms with van der Waals surface area (Å²) in [7, 11) is 0. The highest BCUT2D eigenvalue weighted by atomic mass is 32.1. The van der Waals surface area contributed by atoms with E-state index in [1.165, 1.54) is 0 Å². The number of nitrogens with one attached hydrogen (secondary N) is 1. The second kappa shape index (κ2) is 4.94. The van der Waals surface area contributed by atoms with E-state index in [-0.39, 0.29) is 5.54 Å². The largest absolute Gasteiger partial charge is 0.306 e. The Labute approximate surface area is 106 Å². The van der Waals surface area contributed by atoms with Crippen molar-refractivity contribution in [1.82, 2.24) is 15.3 Å². The van der Waals surface area contributed by atoms with E-state index in [2.05, 4.69) is 41.4 Å². The molecule has 2 aromatic rings. The number of hydrogen-bond donors (Lipinski definition) is 1. The zero-order valence-corrected chi connectivity index (χ0v) is 11.2. The average molecular weight is 247 g/mol. The molecule has 90 valence electrons. The third-order valence-corrected chi connectivity index (χ3v) is 3.15. The molecule has 3 nitrogen and oxygen atoms in total. The van der Waals surface area contributed by atoms with Gasteiger partial charge in [0.05, 0.1) is 5.69 Å². The molecule has 0 aliphatic heterocycles. The maximum atomic E-state index is 4.61.